The first-order chi connectivity index (χ1) is 10.2. The summed E-state index contributed by atoms with van der Waals surface area (Å²) in [5.41, 5.74) is 0.100. The molecule has 2 atom stereocenters. The predicted molar refractivity (Wildman–Crippen MR) is 87.7 cm³/mol. The average Bonchev–Trinajstić information content (AvgIpc) is 2.52. The highest BCUT2D eigenvalue weighted by Crippen LogP contribution is 2.19. The molecule has 1 aliphatic rings. The Morgan fingerprint density at radius 2 is 2.19 bits per heavy atom. The standard InChI is InChI=1S/C17H29N3O/c1-3-10-18-15(2)16-8-4-6-11-19(16)13-14-20-12-7-5-9-17(20)21/h5,7,9,12,15-16,18H,3-4,6,8,10-11,13-14H2,1-2H3. The highest BCUT2D eigenvalue weighted by Gasteiger charge is 2.26. The van der Waals surface area contributed by atoms with Crippen LogP contribution in [-0.2, 0) is 6.54 Å². The smallest absolute Gasteiger partial charge is 0.250 e. The first kappa shape index (κ1) is 16.2. The molecule has 2 unspecified atom stereocenters. The molecule has 0 radical (unpaired) electrons. The SMILES string of the molecule is CCCNC(C)C1CCCCN1CCn1ccccc1=O. The van der Waals surface area contributed by atoms with E-state index in [0.717, 1.165) is 26.2 Å². The molecule has 1 aliphatic heterocycles. The third-order valence-electron chi connectivity index (χ3n) is 4.48. The van der Waals surface area contributed by atoms with E-state index in [9.17, 15) is 4.79 Å². The zero-order chi connectivity index (χ0) is 15.1. The van der Waals surface area contributed by atoms with Gasteiger partial charge in [-0.05, 0) is 45.3 Å². The van der Waals surface area contributed by atoms with E-state index in [1.807, 2.05) is 16.8 Å². The maximum atomic E-state index is 11.8. The van der Waals surface area contributed by atoms with Crippen LogP contribution in [0.25, 0.3) is 0 Å². The molecule has 118 valence electrons. The second-order valence-corrected chi connectivity index (χ2v) is 6.07. The van der Waals surface area contributed by atoms with Crippen molar-refractivity contribution in [3.05, 3.63) is 34.7 Å². The van der Waals surface area contributed by atoms with Gasteiger partial charge in [-0.15, -0.1) is 0 Å². The zero-order valence-electron chi connectivity index (χ0n) is 13.4. The summed E-state index contributed by atoms with van der Waals surface area (Å²) in [6.07, 6.45) is 6.93. The van der Waals surface area contributed by atoms with Gasteiger partial charge in [0.25, 0.3) is 5.56 Å². The lowest BCUT2D eigenvalue weighted by atomic mass is 9.96. The van der Waals surface area contributed by atoms with Crippen LogP contribution >= 0.6 is 0 Å². The molecule has 1 aromatic heterocycles. The fourth-order valence-electron chi connectivity index (χ4n) is 3.25. The van der Waals surface area contributed by atoms with E-state index in [1.54, 1.807) is 12.1 Å². The lowest BCUT2D eigenvalue weighted by molar-refractivity contribution is 0.114. The monoisotopic (exact) mass is 291 g/mol. The molecule has 1 fully saturated rings. The van der Waals surface area contributed by atoms with Gasteiger partial charge in [0, 0.05) is 37.4 Å². The molecule has 4 nitrogen and oxygen atoms in total. The molecule has 1 aromatic rings. The lowest BCUT2D eigenvalue weighted by Gasteiger charge is -2.39. The summed E-state index contributed by atoms with van der Waals surface area (Å²) in [5, 5.41) is 3.63. The zero-order valence-corrected chi connectivity index (χ0v) is 13.4. The highest BCUT2D eigenvalue weighted by molar-refractivity contribution is 4.93. The first-order valence-electron chi connectivity index (χ1n) is 8.35. The summed E-state index contributed by atoms with van der Waals surface area (Å²) in [6.45, 7) is 8.50. The third kappa shape index (κ3) is 4.68. The van der Waals surface area contributed by atoms with Crippen molar-refractivity contribution in [3.8, 4) is 0 Å². The minimum absolute atomic E-state index is 0.100. The Morgan fingerprint density at radius 3 is 2.95 bits per heavy atom. The molecular weight excluding hydrogens is 262 g/mol. The van der Waals surface area contributed by atoms with Crippen LogP contribution in [-0.4, -0.2) is 41.2 Å². The number of nitrogens with one attached hydrogen (secondary N) is 1. The molecule has 2 heterocycles. The van der Waals surface area contributed by atoms with Crippen molar-refractivity contribution in [1.29, 1.82) is 0 Å². The fraction of sp³-hybridized carbons (Fsp3) is 0.706. The van der Waals surface area contributed by atoms with E-state index >= 15 is 0 Å². The van der Waals surface area contributed by atoms with Crippen molar-refractivity contribution in [1.82, 2.24) is 14.8 Å². The molecule has 1 saturated heterocycles. The fourth-order valence-corrected chi connectivity index (χ4v) is 3.25. The molecule has 4 heteroatoms. The lowest BCUT2D eigenvalue weighted by Crippen LogP contribution is -2.52. The largest absolute Gasteiger partial charge is 0.314 e. The second kappa shape index (κ2) is 8.35. The molecule has 0 aliphatic carbocycles. The Morgan fingerprint density at radius 1 is 1.33 bits per heavy atom. The maximum Gasteiger partial charge on any atom is 0.250 e. The van der Waals surface area contributed by atoms with Crippen LogP contribution in [0.15, 0.2) is 29.2 Å². The van der Waals surface area contributed by atoms with Crippen molar-refractivity contribution in [3.63, 3.8) is 0 Å². The van der Waals surface area contributed by atoms with Crippen molar-refractivity contribution >= 4 is 0 Å². The minimum Gasteiger partial charge on any atom is -0.314 e. The van der Waals surface area contributed by atoms with Crippen LogP contribution in [0.4, 0.5) is 0 Å². The molecule has 21 heavy (non-hydrogen) atoms. The maximum absolute atomic E-state index is 11.8. The second-order valence-electron chi connectivity index (χ2n) is 6.07. The number of aromatic nitrogens is 1. The Bertz CT molecular complexity index is 471. The van der Waals surface area contributed by atoms with Crippen LogP contribution in [0.5, 0.6) is 0 Å². The molecule has 0 saturated carbocycles. The topological polar surface area (TPSA) is 37.3 Å². The molecule has 0 bridgehead atoms. The van der Waals surface area contributed by atoms with Gasteiger partial charge in [0.2, 0.25) is 0 Å². The van der Waals surface area contributed by atoms with Gasteiger partial charge in [0.05, 0.1) is 0 Å². The van der Waals surface area contributed by atoms with Gasteiger partial charge in [-0.3, -0.25) is 9.69 Å². The van der Waals surface area contributed by atoms with Gasteiger partial charge in [-0.1, -0.05) is 19.4 Å². The number of hydrogen-bond acceptors (Lipinski definition) is 3. The molecular formula is C17H29N3O. The summed E-state index contributed by atoms with van der Waals surface area (Å²) >= 11 is 0. The molecule has 0 amide bonds. The average molecular weight is 291 g/mol. The van der Waals surface area contributed by atoms with Gasteiger partial charge < -0.3 is 9.88 Å². The first-order valence-corrected chi connectivity index (χ1v) is 8.35. The summed E-state index contributed by atoms with van der Waals surface area (Å²) in [5.74, 6) is 0. The number of likely N-dealkylation sites (tertiary alicyclic amines) is 1. The third-order valence-corrected chi connectivity index (χ3v) is 4.48. The van der Waals surface area contributed by atoms with Crippen molar-refractivity contribution in [2.75, 3.05) is 19.6 Å². The van der Waals surface area contributed by atoms with Gasteiger partial charge >= 0.3 is 0 Å². The summed E-state index contributed by atoms with van der Waals surface area (Å²) in [7, 11) is 0. The van der Waals surface area contributed by atoms with E-state index in [4.69, 9.17) is 0 Å². The van der Waals surface area contributed by atoms with Crippen molar-refractivity contribution in [2.24, 2.45) is 0 Å². The molecule has 0 spiro atoms. The molecule has 2 rings (SSSR count). The highest BCUT2D eigenvalue weighted by atomic mass is 16.1. The van der Waals surface area contributed by atoms with Crippen LogP contribution in [0.3, 0.4) is 0 Å². The van der Waals surface area contributed by atoms with Gasteiger partial charge in [0.1, 0.15) is 0 Å². The van der Waals surface area contributed by atoms with Crippen LogP contribution in [0.2, 0.25) is 0 Å². The Labute approximate surface area is 128 Å². The van der Waals surface area contributed by atoms with E-state index in [0.29, 0.717) is 12.1 Å². The predicted octanol–water partition coefficient (Wildman–Crippen LogP) is 2.09. The number of pyridine rings is 1. The molecule has 1 N–H and O–H groups in total. The Hall–Kier alpha value is -1.13. The van der Waals surface area contributed by atoms with E-state index in [-0.39, 0.29) is 5.56 Å². The summed E-state index contributed by atoms with van der Waals surface area (Å²) < 4.78 is 1.82. The van der Waals surface area contributed by atoms with Crippen molar-refractivity contribution < 1.29 is 0 Å². The van der Waals surface area contributed by atoms with E-state index in [2.05, 4.69) is 24.1 Å². The Kier molecular flexibility index (Phi) is 6.46. The number of piperidine rings is 1. The normalized spacial score (nSPS) is 21.3. The quantitative estimate of drug-likeness (QED) is 0.836. The van der Waals surface area contributed by atoms with Crippen LogP contribution < -0.4 is 10.9 Å². The van der Waals surface area contributed by atoms with Crippen LogP contribution in [0, 0.1) is 0 Å². The van der Waals surface area contributed by atoms with Gasteiger partial charge in [0.15, 0.2) is 0 Å². The molecule has 0 aromatic carbocycles. The summed E-state index contributed by atoms with van der Waals surface area (Å²) in [4.78, 5) is 14.3. The Balaban J connectivity index is 1.92. The minimum atomic E-state index is 0.100. The van der Waals surface area contributed by atoms with Gasteiger partial charge in [-0.25, -0.2) is 0 Å². The van der Waals surface area contributed by atoms with Crippen LogP contribution in [0.1, 0.15) is 39.5 Å². The summed E-state index contributed by atoms with van der Waals surface area (Å²) in [6, 6.07) is 6.50. The van der Waals surface area contributed by atoms with E-state index in [1.165, 1.54) is 25.7 Å². The number of hydrogen-bond donors (Lipinski definition) is 1. The number of nitrogens with zero attached hydrogens (tertiary/aromatic N) is 2. The number of rotatable bonds is 7. The van der Waals surface area contributed by atoms with Gasteiger partial charge in [-0.2, -0.15) is 0 Å². The van der Waals surface area contributed by atoms with E-state index < -0.39 is 0 Å². The van der Waals surface area contributed by atoms with Crippen molar-refractivity contribution in [2.45, 2.75) is 58.2 Å².